The molecule has 0 amide bonds. The van der Waals surface area contributed by atoms with Crippen molar-refractivity contribution in [3.63, 3.8) is 0 Å². The van der Waals surface area contributed by atoms with Gasteiger partial charge < -0.3 is 4.74 Å². The predicted octanol–water partition coefficient (Wildman–Crippen LogP) is 2.97. The fraction of sp³-hybridized carbons (Fsp3) is 0.0667. The Labute approximate surface area is 105 Å². The van der Waals surface area contributed by atoms with Gasteiger partial charge in [0.15, 0.2) is 12.0 Å². The van der Waals surface area contributed by atoms with E-state index in [4.69, 9.17) is 4.74 Å². The van der Waals surface area contributed by atoms with Gasteiger partial charge >= 0.3 is 0 Å². The molecule has 0 spiro atoms. The van der Waals surface area contributed by atoms with Crippen LogP contribution in [0, 0.1) is 0 Å². The number of hydrogen-bond acceptors (Lipinski definition) is 3. The van der Waals surface area contributed by atoms with Crippen LogP contribution in [0.2, 0.25) is 0 Å². The van der Waals surface area contributed by atoms with Crippen molar-refractivity contribution < 1.29 is 4.74 Å². The van der Waals surface area contributed by atoms with Crippen LogP contribution in [0.15, 0.2) is 70.9 Å². The summed E-state index contributed by atoms with van der Waals surface area (Å²) in [5.74, 6) is 0. The third-order valence-electron chi connectivity index (χ3n) is 3.00. The average molecular weight is 236 g/mol. The number of hydrogen-bond donors (Lipinski definition) is 0. The zero-order valence-corrected chi connectivity index (χ0v) is 9.73. The van der Waals surface area contributed by atoms with E-state index in [1.165, 1.54) is 6.40 Å². The maximum absolute atomic E-state index is 5.80. The molecule has 1 aliphatic heterocycles. The van der Waals surface area contributed by atoms with E-state index in [-0.39, 0.29) is 0 Å². The average Bonchev–Trinajstić information content (AvgIpc) is 2.50. The Morgan fingerprint density at radius 2 is 1.28 bits per heavy atom. The lowest BCUT2D eigenvalue weighted by Crippen LogP contribution is -2.34. The molecule has 0 saturated carbocycles. The molecule has 0 saturated heterocycles. The summed E-state index contributed by atoms with van der Waals surface area (Å²) in [6.45, 7) is 0. The molecule has 0 fully saturated rings. The Morgan fingerprint density at radius 1 is 0.722 bits per heavy atom. The molecule has 2 aromatic rings. The molecule has 0 N–H and O–H groups in total. The number of ether oxygens (including phenoxy) is 1. The van der Waals surface area contributed by atoms with Gasteiger partial charge in [0.05, 0.1) is 6.21 Å². The van der Waals surface area contributed by atoms with E-state index in [0.717, 1.165) is 11.1 Å². The van der Waals surface area contributed by atoms with Gasteiger partial charge in [-0.25, -0.2) is 0 Å². The summed E-state index contributed by atoms with van der Waals surface area (Å²) in [4.78, 5) is 0. The molecule has 3 heteroatoms. The van der Waals surface area contributed by atoms with Crippen LogP contribution in [0.5, 0.6) is 0 Å². The molecule has 18 heavy (non-hydrogen) atoms. The highest BCUT2D eigenvalue weighted by atomic mass is 16.5. The standard InChI is InChI=1S/C15H12N2O/c1-3-7-13(8-4-1)15(11-16-17-12-18-15)14-9-5-2-6-10-14/h1-12H. The second kappa shape index (κ2) is 4.45. The van der Waals surface area contributed by atoms with Crippen LogP contribution in [0.25, 0.3) is 0 Å². The third-order valence-corrected chi connectivity index (χ3v) is 3.00. The second-order valence-corrected chi connectivity index (χ2v) is 4.05. The third kappa shape index (κ3) is 1.70. The van der Waals surface area contributed by atoms with Crippen molar-refractivity contribution in [3.05, 3.63) is 71.8 Å². The van der Waals surface area contributed by atoms with Gasteiger partial charge in [-0.2, -0.15) is 5.10 Å². The minimum Gasteiger partial charge on any atom is -0.460 e. The van der Waals surface area contributed by atoms with Crippen LogP contribution in [0.3, 0.4) is 0 Å². The van der Waals surface area contributed by atoms with E-state index in [2.05, 4.69) is 10.2 Å². The van der Waals surface area contributed by atoms with Gasteiger partial charge in [-0.1, -0.05) is 60.7 Å². The Balaban J connectivity index is 2.17. The van der Waals surface area contributed by atoms with Gasteiger partial charge in [-0.05, 0) is 0 Å². The van der Waals surface area contributed by atoms with Gasteiger partial charge in [-0.3, -0.25) is 0 Å². The lowest BCUT2D eigenvalue weighted by Gasteiger charge is -2.30. The fourth-order valence-electron chi connectivity index (χ4n) is 2.10. The van der Waals surface area contributed by atoms with Crippen LogP contribution in [-0.4, -0.2) is 12.6 Å². The van der Waals surface area contributed by atoms with Crippen LogP contribution >= 0.6 is 0 Å². The molecule has 3 nitrogen and oxygen atoms in total. The highest BCUT2D eigenvalue weighted by Crippen LogP contribution is 2.32. The number of rotatable bonds is 2. The molecule has 2 aromatic carbocycles. The Kier molecular flexibility index (Phi) is 2.65. The zero-order chi connectivity index (χ0) is 12.3. The van der Waals surface area contributed by atoms with Crippen molar-refractivity contribution >= 4 is 12.6 Å². The molecule has 1 aliphatic rings. The molecule has 0 radical (unpaired) electrons. The molecule has 0 bridgehead atoms. The molecule has 0 atom stereocenters. The Morgan fingerprint density at radius 3 is 1.72 bits per heavy atom. The lowest BCUT2D eigenvalue weighted by atomic mass is 9.87. The summed E-state index contributed by atoms with van der Waals surface area (Å²) in [5, 5.41) is 7.75. The van der Waals surface area contributed by atoms with Gasteiger partial charge in [0.1, 0.15) is 0 Å². The minimum atomic E-state index is -0.676. The first-order chi connectivity index (χ1) is 8.92. The first kappa shape index (κ1) is 10.7. The molecular weight excluding hydrogens is 224 g/mol. The summed E-state index contributed by atoms with van der Waals surface area (Å²) in [7, 11) is 0. The zero-order valence-electron chi connectivity index (χ0n) is 9.73. The second-order valence-electron chi connectivity index (χ2n) is 4.05. The molecule has 1 heterocycles. The Hall–Kier alpha value is -2.42. The van der Waals surface area contributed by atoms with E-state index in [9.17, 15) is 0 Å². The minimum absolute atomic E-state index is 0.676. The first-order valence-corrected chi connectivity index (χ1v) is 5.77. The molecule has 3 rings (SSSR count). The first-order valence-electron chi connectivity index (χ1n) is 5.77. The highest BCUT2D eigenvalue weighted by molar-refractivity contribution is 5.80. The van der Waals surface area contributed by atoms with E-state index in [1.807, 2.05) is 60.7 Å². The normalized spacial score (nSPS) is 16.2. The smallest absolute Gasteiger partial charge is 0.197 e. The summed E-state index contributed by atoms with van der Waals surface area (Å²) in [5.41, 5.74) is 1.39. The van der Waals surface area contributed by atoms with Crippen molar-refractivity contribution in [2.24, 2.45) is 10.2 Å². The van der Waals surface area contributed by atoms with E-state index in [0.29, 0.717) is 0 Å². The molecule has 0 aliphatic carbocycles. The quantitative estimate of drug-likeness (QED) is 0.789. The number of benzene rings is 2. The maximum atomic E-state index is 5.80. The topological polar surface area (TPSA) is 34.0 Å². The van der Waals surface area contributed by atoms with Crippen molar-refractivity contribution in [1.29, 1.82) is 0 Å². The van der Waals surface area contributed by atoms with Gasteiger partial charge in [0.2, 0.25) is 0 Å². The van der Waals surface area contributed by atoms with E-state index < -0.39 is 5.60 Å². The summed E-state index contributed by atoms with van der Waals surface area (Å²) in [6.07, 6.45) is 3.12. The van der Waals surface area contributed by atoms with Gasteiger partial charge in [0.25, 0.3) is 0 Å². The maximum Gasteiger partial charge on any atom is 0.197 e. The SMILES string of the molecule is C1=NN=CC(c2ccccc2)(c2ccccc2)O1. The Bertz CT molecular complexity index is 536. The molecule has 0 aromatic heterocycles. The van der Waals surface area contributed by atoms with Crippen LogP contribution < -0.4 is 0 Å². The van der Waals surface area contributed by atoms with Crippen molar-refractivity contribution in [3.8, 4) is 0 Å². The van der Waals surface area contributed by atoms with E-state index in [1.54, 1.807) is 6.21 Å². The van der Waals surface area contributed by atoms with Crippen LogP contribution in [0.1, 0.15) is 11.1 Å². The lowest BCUT2D eigenvalue weighted by molar-refractivity contribution is 0.182. The molecular formula is C15H12N2O. The molecule has 88 valence electrons. The summed E-state index contributed by atoms with van der Waals surface area (Å²) < 4.78 is 5.80. The summed E-state index contributed by atoms with van der Waals surface area (Å²) >= 11 is 0. The predicted molar refractivity (Wildman–Crippen MR) is 71.7 cm³/mol. The fourth-order valence-corrected chi connectivity index (χ4v) is 2.10. The van der Waals surface area contributed by atoms with Crippen molar-refractivity contribution in [1.82, 2.24) is 0 Å². The van der Waals surface area contributed by atoms with Crippen molar-refractivity contribution in [2.75, 3.05) is 0 Å². The van der Waals surface area contributed by atoms with Crippen LogP contribution in [0.4, 0.5) is 0 Å². The number of nitrogens with zero attached hydrogens (tertiary/aromatic N) is 2. The van der Waals surface area contributed by atoms with E-state index >= 15 is 0 Å². The van der Waals surface area contributed by atoms with Crippen molar-refractivity contribution in [2.45, 2.75) is 5.60 Å². The monoisotopic (exact) mass is 236 g/mol. The van der Waals surface area contributed by atoms with Gasteiger partial charge in [-0.15, -0.1) is 5.10 Å². The van der Waals surface area contributed by atoms with Gasteiger partial charge in [0, 0.05) is 11.1 Å². The molecule has 0 unspecified atom stereocenters. The highest BCUT2D eigenvalue weighted by Gasteiger charge is 2.35. The summed E-state index contributed by atoms with van der Waals surface area (Å²) in [6, 6.07) is 20.0. The van der Waals surface area contributed by atoms with Crippen LogP contribution in [-0.2, 0) is 10.3 Å². The largest absolute Gasteiger partial charge is 0.460 e.